The second-order valence-electron chi connectivity index (χ2n) is 7.09. The summed E-state index contributed by atoms with van der Waals surface area (Å²) in [5, 5.41) is 4.30. The monoisotopic (exact) mass is 373 g/mol. The lowest BCUT2D eigenvalue weighted by molar-refractivity contribution is 0.270. The smallest absolute Gasteiger partial charge is 0.246 e. The van der Waals surface area contributed by atoms with E-state index in [1.54, 1.807) is 24.9 Å². The molecule has 1 aliphatic rings. The van der Waals surface area contributed by atoms with Crippen LogP contribution in [0.4, 0.5) is 5.95 Å². The molecule has 8 heteroatoms. The molecule has 3 aromatic heterocycles. The summed E-state index contributed by atoms with van der Waals surface area (Å²) in [6, 6.07) is 8.43. The molecule has 0 amide bonds. The highest BCUT2D eigenvalue weighted by molar-refractivity contribution is 5.62. The third-order valence-corrected chi connectivity index (χ3v) is 5.42. The van der Waals surface area contributed by atoms with Crippen molar-refractivity contribution in [3.8, 4) is 11.1 Å². The topological polar surface area (TPSA) is 109 Å². The summed E-state index contributed by atoms with van der Waals surface area (Å²) in [4.78, 5) is 16.9. The second kappa shape index (κ2) is 6.56. The van der Waals surface area contributed by atoms with Crippen molar-refractivity contribution in [2.75, 3.05) is 5.73 Å². The lowest BCUT2D eigenvalue weighted by Crippen LogP contribution is -2.36. The molecule has 1 aliphatic carbocycles. The Balaban J connectivity index is 1.42. The summed E-state index contributed by atoms with van der Waals surface area (Å²) < 4.78 is 7.42. The summed E-state index contributed by atoms with van der Waals surface area (Å²) in [5.74, 6) is 1.63. The van der Waals surface area contributed by atoms with Gasteiger partial charge in [0.1, 0.15) is 6.54 Å². The molecule has 1 fully saturated rings. The van der Waals surface area contributed by atoms with E-state index in [4.69, 9.17) is 10.3 Å². The van der Waals surface area contributed by atoms with Crippen LogP contribution >= 0.6 is 0 Å². The minimum absolute atomic E-state index is 0.174. The average Bonchev–Trinajstić information content (AvgIpc) is 3.35. The first kappa shape index (κ1) is 16.6. The van der Waals surface area contributed by atoms with E-state index in [2.05, 4.69) is 49.4 Å². The van der Waals surface area contributed by atoms with Crippen LogP contribution in [-0.4, -0.2) is 29.7 Å². The molecule has 4 aromatic rings. The summed E-state index contributed by atoms with van der Waals surface area (Å²) in [5.41, 5.74) is 8.58. The van der Waals surface area contributed by atoms with Gasteiger partial charge in [-0.15, -0.1) is 0 Å². The van der Waals surface area contributed by atoms with Crippen LogP contribution in [0.25, 0.3) is 11.1 Å². The molecule has 2 N–H and O–H groups in total. The van der Waals surface area contributed by atoms with Crippen LogP contribution in [0.5, 0.6) is 0 Å². The number of anilines is 1. The lowest BCUT2D eigenvalue weighted by atomic mass is 9.64. The molecule has 0 radical (unpaired) electrons. The van der Waals surface area contributed by atoms with E-state index in [-0.39, 0.29) is 11.4 Å². The van der Waals surface area contributed by atoms with Crippen LogP contribution in [0, 0.1) is 0 Å². The molecule has 0 spiro atoms. The maximum Gasteiger partial charge on any atom is 0.246 e. The van der Waals surface area contributed by atoms with E-state index in [0.717, 1.165) is 36.2 Å². The van der Waals surface area contributed by atoms with Gasteiger partial charge >= 0.3 is 0 Å². The van der Waals surface area contributed by atoms with Gasteiger partial charge in [0.05, 0.1) is 11.7 Å². The number of nitrogens with two attached hydrogens (primary N) is 1. The molecule has 140 valence electrons. The number of nitrogens with zero attached hydrogens (tertiary/aromatic N) is 6. The maximum atomic E-state index is 5.57. The van der Waals surface area contributed by atoms with Crippen molar-refractivity contribution in [2.45, 2.75) is 31.2 Å². The zero-order valence-electron chi connectivity index (χ0n) is 15.2. The Morgan fingerprint density at radius 1 is 1.07 bits per heavy atom. The largest absolute Gasteiger partial charge is 0.368 e. The third-order valence-electron chi connectivity index (χ3n) is 5.42. The number of hydrogen-bond donors (Lipinski definition) is 1. The van der Waals surface area contributed by atoms with Crippen LogP contribution < -0.4 is 5.73 Å². The Bertz CT molecular complexity index is 1060. The van der Waals surface area contributed by atoms with E-state index < -0.39 is 0 Å². The quantitative estimate of drug-likeness (QED) is 0.573. The molecule has 0 unspecified atom stereocenters. The minimum Gasteiger partial charge on any atom is -0.368 e. The Hall–Kier alpha value is -3.55. The summed E-state index contributed by atoms with van der Waals surface area (Å²) in [7, 11) is 0. The first-order chi connectivity index (χ1) is 13.7. The molecule has 5 rings (SSSR count). The van der Waals surface area contributed by atoms with Crippen molar-refractivity contribution in [3.63, 3.8) is 0 Å². The van der Waals surface area contributed by atoms with Crippen molar-refractivity contribution < 1.29 is 4.52 Å². The van der Waals surface area contributed by atoms with E-state index in [0.29, 0.717) is 12.4 Å². The highest BCUT2D eigenvalue weighted by Gasteiger charge is 2.44. The molecular formula is C20H19N7O. The molecule has 0 saturated heterocycles. The third kappa shape index (κ3) is 2.83. The fourth-order valence-electron chi connectivity index (χ4n) is 3.69. The Morgan fingerprint density at radius 2 is 1.86 bits per heavy atom. The SMILES string of the molecule is Nc1ncc(-c2ccc(C3(c4noc(Cn5ccnc5)n4)CCC3)cc2)cn1. The van der Waals surface area contributed by atoms with Crippen LogP contribution in [0.15, 0.2) is 59.9 Å². The highest BCUT2D eigenvalue weighted by atomic mass is 16.5. The summed E-state index contributed by atoms with van der Waals surface area (Å²) >= 11 is 0. The van der Waals surface area contributed by atoms with E-state index in [1.165, 1.54) is 5.56 Å². The molecule has 3 heterocycles. The van der Waals surface area contributed by atoms with Gasteiger partial charge in [0.25, 0.3) is 0 Å². The number of imidazole rings is 1. The van der Waals surface area contributed by atoms with Crippen molar-refractivity contribution >= 4 is 5.95 Å². The van der Waals surface area contributed by atoms with E-state index in [9.17, 15) is 0 Å². The van der Waals surface area contributed by atoms with Crippen molar-refractivity contribution in [1.29, 1.82) is 0 Å². The summed E-state index contributed by atoms with van der Waals surface area (Å²) in [6.07, 6.45) is 12.0. The van der Waals surface area contributed by atoms with Crippen LogP contribution in [0.1, 0.15) is 36.5 Å². The summed E-state index contributed by atoms with van der Waals surface area (Å²) in [6.45, 7) is 0.527. The first-order valence-electron chi connectivity index (χ1n) is 9.20. The number of nitrogen functional groups attached to an aromatic ring is 1. The molecule has 1 aromatic carbocycles. The second-order valence-corrected chi connectivity index (χ2v) is 7.09. The van der Waals surface area contributed by atoms with E-state index in [1.807, 2.05) is 10.8 Å². The van der Waals surface area contributed by atoms with Gasteiger partial charge in [-0.2, -0.15) is 4.98 Å². The standard InChI is InChI=1S/C20H19N7O/c21-19-23-10-15(11-24-19)14-2-4-16(5-3-14)20(6-1-7-20)18-25-17(28-26-18)12-27-9-8-22-13-27/h2-5,8-11,13H,1,6-7,12H2,(H2,21,23,24). The normalized spacial score (nSPS) is 15.3. The molecule has 0 bridgehead atoms. The van der Waals surface area contributed by atoms with Gasteiger partial charge < -0.3 is 14.8 Å². The number of hydrogen-bond acceptors (Lipinski definition) is 7. The van der Waals surface area contributed by atoms with Gasteiger partial charge in [0, 0.05) is 30.4 Å². The Labute approximate surface area is 161 Å². The highest BCUT2D eigenvalue weighted by Crippen LogP contribution is 2.48. The number of aromatic nitrogens is 6. The number of benzene rings is 1. The Kier molecular flexibility index (Phi) is 3.89. The van der Waals surface area contributed by atoms with Gasteiger partial charge in [-0.1, -0.05) is 35.8 Å². The van der Waals surface area contributed by atoms with Gasteiger partial charge in [0.2, 0.25) is 11.8 Å². The van der Waals surface area contributed by atoms with Gasteiger partial charge in [-0.05, 0) is 24.0 Å². The molecule has 1 saturated carbocycles. The number of rotatable bonds is 5. The van der Waals surface area contributed by atoms with Crippen molar-refractivity contribution in [1.82, 2.24) is 29.7 Å². The zero-order chi connectivity index (χ0) is 19.0. The lowest BCUT2D eigenvalue weighted by Gasteiger charge is -2.39. The molecule has 8 nitrogen and oxygen atoms in total. The average molecular weight is 373 g/mol. The van der Waals surface area contributed by atoms with Gasteiger partial charge in [-0.25, -0.2) is 15.0 Å². The van der Waals surface area contributed by atoms with E-state index >= 15 is 0 Å². The van der Waals surface area contributed by atoms with Gasteiger partial charge in [0.15, 0.2) is 5.82 Å². The predicted octanol–water partition coefficient (Wildman–Crippen LogP) is 2.82. The fourth-order valence-corrected chi connectivity index (χ4v) is 3.69. The van der Waals surface area contributed by atoms with Crippen LogP contribution in [0.2, 0.25) is 0 Å². The predicted molar refractivity (Wildman–Crippen MR) is 102 cm³/mol. The Morgan fingerprint density at radius 3 is 2.50 bits per heavy atom. The zero-order valence-corrected chi connectivity index (χ0v) is 15.2. The van der Waals surface area contributed by atoms with Crippen LogP contribution in [0.3, 0.4) is 0 Å². The first-order valence-corrected chi connectivity index (χ1v) is 9.20. The van der Waals surface area contributed by atoms with Crippen molar-refractivity contribution in [3.05, 3.63) is 72.7 Å². The fraction of sp³-hybridized carbons (Fsp3) is 0.250. The minimum atomic E-state index is -0.174. The van der Waals surface area contributed by atoms with Crippen molar-refractivity contribution in [2.24, 2.45) is 0 Å². The molecule has 0 atom stereocenters. The molecule has 0 aliphatic heterocycles. The maximum absolute atomic E-state index is 5.57. The molecule has 28 heavy (non-hydrogen) atoms. The van der Waals surface area contributed by atoms with Crippen LogP contribution in [-0.2, 0) is 12.0 Å². The van der Waals surface area contributed by atoms with Gasteiger partial charge in [-0.3, -0.25) is 0 Å². The molecular weight excluding hydrogens is 354 g/mol.